The molecule has 1 unspecified atom stereocenters. The molecule has 0 aliphatic carbocycles. The van der Waals surface area contributed by atoms with Gasteiger partial charge in [0, 0.05) is 20.4 Å². The van der Waals surface area contributed by atoms with Gasteiger partial charge < -0.3 is 37.6 Å². The minimum atomic E-state index is -0.952. The molecule has 0 bridgehead atoms. The van der Waals surface area contributed by atoms with Gasteiger partial charge in [-0.3, -0.25) is 33.6 Å². The Morgan fingerprint density at radius 1 is 0.625 bits per heavy atom. The fourth-order valence-corrected chi connectivity index (χ4v) is 2.19. The monoisotopic (exact) mass is 457 g/mol. The summed E-state index contributed by atoms with van der Waals surface area (Å²) in [6.45, 7) is 1.64. The van der Waals surface area contributed by atoms with E-state index in [1.54, 1.807) is 0 Å². The summed E-state index contributed by atoms with van der Waals surface area (Å²) in [6, 6.07) is -0.952. The summed E-state index contributed by atoms with van der Waals surface area (Å²) in [5.41, 5.74) is 5.27. The predicted octanol–water partition coefficient (Wildman–Crippen LogP) is -4.25. The van der Waals surface area contributed by atoms with Crippen LogP contribution < -0.4 is 37.6 Å². The molecule has 0 fully saturated rings. The van der Waals surface area contributed by atoms with Crippen molar-refractivity contribution in [3.63, 3.8) is 0 Å². The van der Waals surface area contributed by atoms with E-state index in [0.29, 0.717) is 19.4 Å². The molecular weight excluding hydrogens is 426 g/mol. The zero-order chi connectivity index (χ0) is 24.5. The summed E-state index contributed by atoms with van der Waals surface area (Å²) in [6.07, 6.45) is 1.22. The number of amides is 7. The topological polar surface area (TPSA) is 218 Å². The van der Waals surface area contributed by atoms with E-state index >= 15 is 0 Å². The highest BCUT2D eigenvalue weighted by atomic mass is 16.2. The van der Waals surface area contributed by atoms with Gasteiger partial charge >= 0.3 is 0 Å². The summed E-state index contributed by atoms with van der Waals surface area (Å²) in [4.78, 5) is 79.3. The Balaban J connectivity index is 4.09. The van der Waals surface area contributed by atoms with E-state index in [1.807, 2.05) is 0 Å². The Labute approximate surface area is 185 Å². The van der Waals surface area contributed by atoms with Crippen LogP contribution in [0.15, 0.2) is 0 Å². The minimum Gasteiger partial charge on any atom is -0.368 e. The van der Waals surface area contributed by atoms with Crippen LogP contribution in [0.4, 0.5) is 0 Å². The Morgan fingerprint density at radius 2 is 1.06 bits per heavy atom. The summed E-state index contributed by atoms with van der Waals surface area (Å²) >= 11 is 0. The number of hydrogen-bond donors (Lipinski definition) is 7. The Hall–Kier alpha value is -3.71. The van der Waals surface area contributed by atoms with Crippen LogP contribution in [0.5, 0.6) is 0 Å². The third-order valence-electron chi connectivity index (χ3n) is 3.81. The molecular formula is C18H31N7O7. The lowest BCUT2D eigenvalue weighted by atomic mass is 10.1. The number of unbranched alkanes of at least 4 members (excludes halogenated alkanes) is 1. The van der Waals surface area contributed by atoms with Crippen LogP contribution in [0.1, 0.15) is 33.1 Å². The molecule has 0 radical (unpaired) electrons. The van der Waals surface area contributed by atoms with Gasteiger partial charge in [-0.1, -0.05) is 0 Å². The van der Waals surface area contributed by atoms with Crippen molar-refractivity contribution in [3.05, 3.63) is 0 Å². The first-order valence-electron chi connectivity index (χ1n) is 9.89. The molecule has 7 amide bonds. The smallest absolute Gasteiger partial charge is 0.240 e. The first-order valence-corrected chi connectivity index (χ1v) is 9.89. The van der Waals surface area contributed by atoms with Crippen molar-refractivity contribution in [2.45, 2.75) is 39.2 Å². The van der Waals surface area contributed by atoms with E-state index in [0.717, 1.165) is 0 Å². The molecule has 0 aliphatic heterocycles. The van der Waals surface area contributed by atoms with Gasteiger partial charge in [-0.25, -0.2) is 0 Å². The number of nitrogens with one attached hydrogen (secondary N) is 6. The molecule has 0 saturated carbocycles. The molecule has 0 aromatic heterocycles. The number of hydrogen-bond acceptors (Lipinski definition) is 7. The highest BCUT2D eigenvalue weighted by molar-refractivity contribution is 5.91. The van der Waals surface area contributed by atoms with Crippen LogP contribution in [0.3, 0.4) is 0 Å². The van der Waals surface area contributed by atoms with Crippen molar-refractivity contribution in [3.8, 4) is 0 Å². The van der Waals surface area contributed by atoms with Crippen molar-refractivity contribution >= 4 is 41.4 Å². The number of rotatable bonds is 15. The van der Waals surface area contributed by atoms with E-state index < -0.39 is 48.7 Å². The molecule has 0 aliphatic rings. The number of nitrogens with two attached hydrogens (primary N) is 1. The van der Waals surface area contributed by atoms with Crippen LogP contribution in [-0.2, 0) is 33.6 Å². The van der Waals surface area contributed by atoms with E-state index in [4.69, 9.17) is 5.73 Å². The maximum atomic E-state index is 11.9. The van der Waals surface area contributed by atoms with Crippen molar-refractivity contribution in [1.82, 2.24) is 31.9 Å². The van der Waals surface area contributed by atoms with Crippen molar-refractivity contribution in [1.29, 1.82) is 0 Å². The van der Waals surface area contributed by atoms with E-state index in [2.05, 4.69) is 31.9 Å². The maximum Gasteiger partial charge on any atom is 0.240 e. The molecule has 0 aromatic rings. The molecule has 8 N–H and O–H groups in total. The van der Waals surface area contributed by atoms with Gasteiger partial charge in [-0.05, 0) is 19.3 Å². The Morgan fingerprint density at radius 3 is 1.53 bits per heavy atom. The normalized spacial score (nSPS) is 10.8. The number of carbonyl (C=O) groups excluding carboxylic acids is 7. The lowest BCUT2D eigenvalue weighted by Gasteiger charge is -2.16. The van der Waals surface area contributed by atoms with E-state index in [9.17, 15) is 33.6 Å². The molecule has 0 aromatic carbocycles. The van der Waals surface area contributed by atoms with Crippen LogP contribution in [0.25, 0.3) is 0 Å². The molecule has 0 heterocycles. The third-order valence-corrected chi connectivity index (χ3v) is 3.81. The molecule has 0 rings (SSSR count). The van der Waals surface area contributed by atoms with Gasteiger partial charge in [0.15, 0.2) is 0 Å². The van der Waals surface area contributed by atoms with E-state index in [1.165, 1.54) is 13.8 Å². The molecule has 0 spiro atoms. The second kappa shape index (κ2) is 16.0. The standard InChI is InChI=1S/C18H31N7O7/c1-11(26)21-7-14(28)20-6-4-3-5-13(18(19)32)25-17(31)10-24-16(30)9-23-15(29)8-22-12(2)27/h13H,3-10H2,1-2H3,(H2,19,32)(H,20,28)(H,21,26)(H,22,27)(H,23,29)(H,24,30)(H,25,31). The van der Waals surface area contributed by atoms with Crippen molar-refractivity contribution in [2.75, 3.05) is 32.7 Å². The van der Waals surface area contributed by atoms with Gasteiger partial charge in [0.2, 0.25) is 41.4 Å². The number of primary amides is 1. The van der Waals surface area contributed by atoms with Gasteiger partial charge in [-0.2, -0.15) is 0 Å². The minimum absolute atomic E-state index is 0.125. The molecule has 32 heavy (non-hydrogen) atoms. The Bertz CT molecular complexity index is 712. The first kappa shape index (κ1) is 28.3. The largest absolute Gasteiger partial charge is 0.368 e. The average Bonchev–Trinajstić information content (AvgIpc) is 2.71. The molecule has 14 heteroatoms. The highest BCUT2D eigenvalue weighted by Crippen LogP contribution is 2.00. The summed E-state index contributed by atoms with van der Waals surface area (Å²) in [5, 5.41) is 14.2. The summed E-state index contributed by atoms with van der Waals surface area (Å²) in [5.74, 6) is -3.65. The SMILES string of the molecule is CC(=O)NCC(=O)NCCCCC(NC(=O)CNC(=O)CNC(=O)CNC(C)=O)C(N)=O. The maximum absolute atomic E-state index is 11.9. The fraction of sp³-hybridized carbons (Fsp3) is 0.611. The van der Waals surface area contributed by atoms with E-state index in [-0.39, 0.29) is 31.3 Å². The summed E-state index contributed by atoms with van der Waals surface area (Å²) < 4.78 is 0. The van der Waals surface area contributed by atoms with Gasteiger partial charge in [0.25, 0.3) is 0 Å². The van der Waals surface area contributed by atoms with Crippen LogP contribution in [0, 0.1) is 0 Å². The lowest BCUT2D eigenvalue weighted by Crippen LogP contribution is -2.49. The second-order valence-electron chi connectivity index (χ2n) is 6.74. The molecule has 0 saturated heterocycles. The fourth-order valence-electron chi connectivity index (χ4n) is 2.19. The highest BCUT2D eigenvalue weighted by Gasteiger charge is 2.18. The quantitative estimate of drug-likeness (QED) is 0.120. The lowest BCUT2D eigenvalue weighted by molar-refractivity contribution is -0.129. The number of carbonyl (C=O) groups is 7. The van der Waals surface area contributed by atoms with Gasteiger partial charge in [0.05, 0.1) is 26.2 Å². The van der Waals surface area contributed by atoms with Gasteiger partial charge in [-0.15, -0.1) is 0 Å². The molecule has 14 nitrogen and oxygen atoms in total. The van der Waals surface area contributed by atoms with Gasteiger partial charge in [0.1, 0.15) is 6.04 Å². The van der Waals surface area contributed by atoms with Crippen molar-refractivity contribution < 1.29 is 33.6 Å². The van der Waals surface area contributed by atoms with Crippen LogP contribution in [0.2, 0.25) is 0 Å². The molecule has 180 valence electrons. The van der Waals surface area contributed by atoms with Crippen LogP contribution in [-0.4, -0.2) is 80.1 Å². The zero-order valence-corrected chi connectivity index (χ0v) is 18.2. The Kier molecular flexibility index (Phi) is 14.2. The van der Waals surface area contributed by atoms with Crippen molar-refractivity contribution in [2.24, 2.45) is 5.73 Å². The molecule has 1 atom stereocenters. The predicted molar refractivity (Wildman–Crippen MR) is 111 cm³/mol. The second-order valence-corrected chi connectivity index (χ2v) is 6.74. The zero-order valence-electron chi connectivity index (χ0n) is 18.2. The third kappa shape index (κ3) is 16.1. The van der Waals surface area contributed by atoms with Crippen LogP contribution >= 0.6 is 0 Å². The average molecular weight is 457 g/mol. The summed E-state index contributed by atoms with van der Waals surface area (Å²) in [7, 11) is 0. The first-order chi connectivity index (χ1) is 15.0.